The highest BCUT2D eigenvalue weighted by Gasteiger charge is 2.36. The van der Waals surface area contributed by atoms with Crippen molar-refractivity contribution in [3.05, 3.63) is 59.2 Å². The largest absolute Gasteiger partial charge is 0.490 e. The van der Waals surface area contributed by atoms with E-state index in [2.05, 4.69) is 5.32 Å². The Morgan fingerprint density at radius 2 is 1.77 bits per heavy atom. The second-order valence-electron chi connectivity index (χ2n) is 6.62. The van der Waals surface area contributed by atoms with Gasteiger partial charge in [-0.2, -0.15) is 0 Å². The minimum Gasteiger partial charge on any atom is -0.490 e. The molecule has 2 aromatic carbocycles. The first-order valence-electron chi connectivity index (χ1n) is 9.39. The van der Waals surface area contributed by atoms with Crippen molar-refractivity contribution in [3.8, 4) is 11.5 Å². The molecule has 1 heterocycles. The van der Waals surface area contributed by atoms with Crippen molar-refractivity contribution in [2.75, 3.05) is 18.1 Å². The summed E-state index contributed by atoms with van der Waals surface area (Å²) in [7, 11) is 0. The third kappa shape index (κ3) is 4.89. The van der Waals surface area contributed by atoms with E-state index in [1.165, 1.54) is 18.2 Å². The molecule has 1 saturated heterocycles. The second kappa shape index (κ2) is 9.12. The van der Waals surface area contributed by atoms with E-state index in [4.69, 9.17) is 14.6 Å². The number of amides is 4. The van der Waals surface area contributed by atoms with Gasteiger partial charge in [-0.25, -0.2) is 14.5 Å². The average Bonchev–Trinajstić information content (AvgIpc) is 2.72. The number of ether oxygens (including phenoxy) is 2. The third-order valence-electron chi connectivity index (χ3n) is 4.32. The molecule has 9 nitrogen and oxygen atoms in total. The maximum absolute atomic E-state index is 12.9. The summed E-state index contributed by atoms with van der Waals surface area (Å²) in [6.45, 7) is 3.36. The molecule has 1 fully saturated rings. The molecule has 0 atom stereocenters. The van der Waals surface area contributed by atoms with Gasteiger partial charge in [-0.05, 0) is 49.8 Å². The molecule has 0 aromatic heterocycles. The van der Waals surface area contributed by atoms with E-state index in [-0.39, 0.29) is 17.1 Å². The van der Waals surface area contributed by atoms with Crippen LogP contribution >= 0.6 is 0 Å². The van der Waals surface area contributed by atoms with Gasteiger partial charge >= 0.3 is 12.0 Å². The Bertz CT molecular complexity index is 1070. The monoisotopic (exact) mass is 424 g/mol. The van der Waals surface area contributed by atoms with Crippen molar-refractivity contribution in [1.82, 2.24) is 5.32 Å². The number of carbonyl (C=O) groups excluding carboxylic acids is 3. The van der Waals surface area contributed by atoms with Crippen LogP contribution in [0.3, 0.4) is 0 Å². The normalized spacial score (nSPS) is 15.1. The molecule has 0 saturated carbocycles. The van der Waals surface area contributed by atoms with Crippen LogP contribution in [0.15, 0.2) is 48.0 Å². The lowest BCUT2D eigenvalue weighted by Gasteiger charge is -2.26. The van der Waals surface area contributed by atoms with Crippen LogP contribution in [0.5, 0.6) is 11.5 Å². The molecule has 3 rings (SSSR count). The zero-order chi connectivity index (χ0) is 22.5. The number of barbiturate groups is 1. The summed E-state index contributed by atoms with van der Waals surface area (Å²) in [6.07, 6.45) is 1.33. The Morgan fingerprint density at radius 3 is 2.42 bits per heavy atom. The molecule has 0 radical (unpaired) electrons. The summed E-state index contributed by atoms with van der Waals surface area (Å²) in [5.74, 6) is -2.25. The van der Waals surface area contributed by atoms with E-state index in [1.54, 1.807) is 37.3 Å². The van der Waals surface area contributed by atoms with Crippen molar-refractivity contribution in [2.24, 2.45) is 0 Å². The van der Waals surface area contributed by atoms with E-state index >= 15 is 0 Å². The number of aryl methyl sites for hydroxylation is 1. The fourth-order valence-corrected chi connectivity index (χ4v) is 2.89. The average molecular weight is 424 g/mol. The second-order valence-corrected chi connectivity index (χ2v) is 6.62. The van der Waals surface area contributed by atoms with E-state index in [0.717, 1.165) is 10.5 Å². The maximum atomic E-state index is 12.9. The first-order chi connectivity index (χ1) is 14.8. The molecule has 0 bridgehead atoms. The minimum atomic E-state index is -1.14. The van der Waals surface area contributed by atoms with Crippen LogP contribution in [0.25, 0.3) is 6.08 Å². The number of anilines is 1. The van der Waals surface area contributed by atoms with Gasteiger partial charge in [-0.15, -0.1) is 0 Å². The van der Waals surface area contributed by atoms with Gasteiger partial charge in [0.25, 0.3) is 11.8 Å². The molecule has 0 unspecified atom stereocenters. The van der Waals surface area contributed by atoms with Crippen LogP contribution < -0.4 is 19.7 Å². The smallest absolute Gasteiger partial charge is 0.341 e. The first kappa shape index (κ1) is 21.6. The number of imide groups is 2. The molecule has 9 heteroatoms. The van der Waals surface area contributed by atoms with Gasteiger partial charge in [0, 0.05) is 0 Å². The zero-order valence-electron chi connectivity index (χ0n) is 16.9. The lowest BCUT2D eigenvalue weighted by Crippen LogP contribution is -2.54. The first-order valence-corrected chi connectivity index (χ1v) is 9.39. The highest BCUT2D eigenvalue weighted by molar-refractivity contribution is 6.39. The van der Waals surface area contributed by atoms with Crippen molar-refractivity contribution in [1.29, 1.82) is 0 Å². The predicted molar refractivity (Wildman–Crippen MR) is 111 cm³/mol. The highest BCUT2D eigenvalue weighted by atomic mass is 16.5. The summed E-state index contributed by atoms with van der Waals surface area (Å²) in [4.78, 5) is 49.2. The van der Waals surface area contributed by atoms with Crippen molar-refractivity contribution in [3.63, 3.8) is 0 Å². The molecular weight excluding hydrogens is 404 g/mol. The van der Waals surface area contributed by atoms with Gasteiger partial charge in [0.05, 0.1) is 12.3 Å². The van der Waals surface area contributed by atoms with E-state index in [1.807, 2.05) is 6.92 Å². The number of carbonyl (C=O) groups is 4. The number of benzene rings is 2. The molecule has 1 aliphatic heterocycles. The van der Waals surface area contributed by atoms with Crippen molar-refractivity contribution >= 4 is 35.6 Å². The maximum Gasteiger partial charge on any atom is 0.341 e. The highest BCUT2D eigenvalue weighted by Crippen LogP contribution is 2.30. The van der Waals surface area contributed by atoms with E-state index in [9.17, 15) is 19.2 Å². The summed E-state index contributed by atoms with van der Waals surface area (Å²) >= 11 is 0. The number of carboxylic acids is 1. The number of nitrogens with zero attached hydrogens (tertiary/aromatic N) is 1. The summed E-state index contributed by atoms with van der Waals surface area (Å²) < 4.78 is 10.7. The van der Waals surface area contributed by atoms with Crippen molar-refractivity contribution < 1.29 is 33.8 Å². The lowest BCUT2D eigenvalue weighted by molar-refractivity contribution is -0.139. The molecule has 31 heavy (non-hydrogen) atoms. The van der Waals surface area contributed by atoms with Gasteiger partial charge in [0.2, 0.25) is 0 Å². The minimum absolute atomic E-state index is 0.210. The Balaban J connectivity index is 1.95. The van der Waals surface area contributed by atoms with Gasteiger partial charge in [0.15, 0.2) is 18.1 Å². The Kier molecular flexibility index (Phi) is 6.35. The molecule has 0 spiro atoms. The number of hydrogen-bond donors (Lipinski definition) is 2. The standard InChI is InChI=1S/C22H20N2O7/c1-3-30-18-11-14(6-9-17(18)31-12-19(25)26)10-16-20(27)23-22(29)24(21(16)28)15-7-4-13(2)5-8-15/h4-11H,3,12H2,1-2H3,(H,25,26)(H,23,27,29)/b16-10+. The fourth-order valence-electron chi connectivity index (χ4n) is 2.89. The van der Waals surface area contributed by atoms with Crippen LogP contribution in [-0.2, 0) is 14.4 Å². The molecule has 160 valence electrons. The lowest BCUT2D eigenvalue weighted by atomic mass is 10.1. The van der Waals surface area contributed by atoms with Gasteiger partial charge < -0.3 is 14.6 Å². The Hall–Kier alpha value is -4.14. The number of nitrogens with one attached hydrogen (secondary N) is 1. The Labute approximate surface area is 177 Å². The van der Waals surface area contributed by atoms with Crippen LogP contribution in [0.1, 0.15) is 18.1 Å². The molecular formula is C22H20N2O7. The molecule has 2 aromatic rings. The van der Waals surface area contributed by atoms with Crippen molar-refractivity contribution in [2.45, 2.75) is 13.8 Å². The quantitative estimate of drug-likeness (QED) is 0.517. The SMILES string of the molecule is CCOc1cc(/C=C2\C(=O)NC(=O)N(c3ccc(C)cc3)C2=O)ccc1OCC(=O)O. The van der Waals surface area contributed by atoms with E-state index < -0.39 is 30.4 Å². The van der Waals surface area contributed by atoms with Gasteiger partial charge in [0.1, 0.15) is 5.57 Å². The predicted octanol–water partition coefficient (Wildman–Crippen LogP) is 2.52. The summed E-state index contributed by atoms with van der Waals surface area (Å²) in [5, 5.41) is 11.0. The number of carboxylic acid groups (broad SMARTS) is 1. The fraction of sp³-hybridized carbons (Fsp3) is 0.182. The molecule has 1 aliphatic rings. The van der Waals surface area contributed by atoms with Crippen LogP contribution in [0, 0.1) is 6.92 Å². The summed E-state index contributed by atoms with van der Waals surface area (Å²) in [6, 6.07) is 10.4. The topological polar surface area (TPSA) is 122 Å². The summed E-state index contributed by atoms with van der Waals surface area (Å²) in [5.41, 5.74) is 1.48. The van der Waals surface area contributed by atoms with Crippen LogP contribution in [0.2, 0.25) is 0 Å². The molecule has 0 aliphatic carbocycles. The number of urea groups is 1. The van der Waals surface area contributed by atoms with Crippen LogP contribution in [0.4, 0.5) is 10.5 Å². The number of hydrogen-bond acceptors (Lipinski definition) is 6. The van der Waals surface area contributed by atoms with Gasteiger partial charge in [-0.1, -0.05) is 23.8 Å². The van der Waals surface area contributed by atoms with Crippen LogP contribution in [-0.4, -0.2) is 42.1 Å². The molecule has 4 amide bonds. The third-order valence-corrected chi connectivity index (χ3v) is 4.32. The number of rotatable bonds is 7. The zero-order valence-corrected chi connectivity index (χ0v) is 16.9. The van der Waals surface area contributed by atoms with Gasteiger partial charge in [-0.3, -0.25) is 14.9 Å². The Morgan fingerprint density at radius 1 is 1.06 bits per heavy atom. The number of aliphatic carboxylic acids is 1. The van der Waals surface area contributed by atoms with E-state index in [0.29, 0.717) is 17.9 Å². The molecule has 2 N–H and O–H groups in total.